The second-order valence-electron chi connectivity index (χ2n) is 5.09. The van der Waals surface area contributed by atoms with E-state index in [-0.39, 0.29) is 24.1 Å². The molecule has 1 aromatic heterocycles. The number of rotatable bonds is 1. The Labute approximate surface area is 114 Å². The highest BCUT2D eigenvalue weighted by Crippen LogP contribution is 2.36. The van der Waals surface area contributed by atoms with Gasteiger partial charge in [-0.25, -0.2) is 4.98 Å². The average Bonchev–Trinajstić information content (AvgIpc) is 2.62. The van der Waals surface area contributed by atoms with Crippen molar-refractivity contribution in [2.24, 2.45) is 0 Å². The minimum atomic E-state index is -0.241. The van der Waals surface area contributed by atoms with Gasteiger partial charge in [-0.3, -0.25) is 4.79 Å². The summed E-state index contributed by atoms with van der Waals surface area (Å²) in [4.78, 5) is 18.5. The van der Waals surface area contributed by atoms with Gasteiger partial charge < -0.3 is 10.0 Å². The van der Waals surface area contributed by atoms with E-state index in [1.807, 2.05) is 4.90 Å². The number of pyridine rings is 1. The van der Waals surface area contributed by atoms with Gasteiger partial charge in [-0.1, -0.05) is 0 Å². The van der Waals surface area contributed by atoms with Crippen LogP contribution < -0.4 is 0 Å². The van der Waals surface area contributed by atoms with Gasteiger partial charge in [0.1, 0.15) is 4.60 Å². The first-order valence-corrected chi connectivity index (χ1v) is 7.06. The molecule has 1 N–H and O–H groups in total. The molecule has 2 unspecified atom stereocenters. The molecular formula is C13H15BrN2O2. The predicted molar refractivity (Wildman–Crippen MR) is 70.2 cm³/mol. The molecule has 4 nitrogen and oxygen atoms in total. The SMILES string of the molecule is O=C(c1ccc(Br)nc1)N1C2CCC1CC(O)C2. The molecule has 2 bridgehead atoms. The number of hydrogen-bond acceptors (Lipinski definition) is 3. The van der Waals surface area contributed by atoms with Gasteiger partial charge in [-0.2, -0.15) is 0 Å². The normalized spacial score (nSPS) is 30.6. The largest absolute Gasteiger partial charge is 0.393 e. The summed E-state index contributed by atoms with van der Waals surface area (Å²) >= 11 is 3.27. The Balaban J connectivity index is 1.83. The molecule has 0 radical (unpaired) electrons. The number of hydrogen-bond donors (Lipinski definition) is 1. The van der Waals surface area contributed by atoms with Crippen molar-refractivity contribution >= 4 is 21.8 Å². The van der Waals surface area contributed by atoms with Crippen molar-refractivity contribution in [3.8, 4) is 0 Å². The summed E-state index contributed by atoms with van der Waals surface area (Å²) in [7, 11) is 0. The zero-order valence-corrected chi connectivity index (χ0v) is 11.5. The van der Waals surface area contributed by atoms with Crippen LogP contribution in [0.4, 0.5) is 0 Å². The fourth-order valence-corrected chi connectivity index (χ4v) is 3.37. The lowest BCUT2D eigenvalue weighted by Gasteiger charge is -2.37. The van der Waals surface area contributed by atoms with Gasteiger partial charge in [0.05, 0.1) is 11.7 Å². The van der Waals surface area contributed by atoms with Gasteiger partial charge in [0.2, 0.25) is 0 Å². The molecule has 18 heavy (non-hydrogen) atoms. The predicted octanol–water partition coefficient (Wildman–Crippen LogP) is 1.97. The van der Waals surface area contributed by atoms with Crippen molar-refractivity contribution in [3.63, 3.8) is 0 Å². The van der Waals surface area contributed by atoms with E-state index in [0.717, 1.165) is 17.4 Å². The summed E-state index contributed by atoms with van der Waals surface area (Å²) in [5, 5.41) is 9.74. The first-order chi connectivity index (χ1) is 8.65. The van der Waals surface area contributed by atoms with Gasteiger partial charge in [0.15, 0.2) is 0 Å². The molecule has 0 spiro atoms. The van der Waals surface area contributed by atoms with Crippen LogP contribution in [-0.2, 0) is 0 Å². The zero-order valence-electron chi connectivity index (χ0n) is 9.92. The van der Waals surface area contributed by atoms with Crippen LogP contribution in [0.1, 0.15) is 36.0 Å². The Kier molecular flexibility index (Phi) is 3.11. The second-order valence-corrected chi connectivity index (χ2v) is 5.90. The van der Waals surface area contributed by atoms with Crippen LogP contribution >= 0.6 is 15.9 Å². The summed E-state index contributed by atoms with van der Waals surface area (Å²) < 4.78 is 0.732. The summed E-state index contributed by atoms with van der Waals surface area (Å²) in [5.74, 6) is 0.0504. The van der Waals surface area contributed by atoms with E-state index >= 15 is 0 Å². The van der Waals surface area contributed by atoms with Crippen molar-refractivity contribution < 1.29 is 9.90 Å². The number of halogens is 1. The highest BCUT2D eigenvalue weighted by atomic mass is 79.9. The zero-order chi connectivity index (χ0) is 12.7. The highest BCUT2D eigenvalue weighted by Gasteiger charge is 2.42. The number of amides is 1. The van der Waals surface area contributed by atoms with Crippen molar-refractivity contribution in [1.29, 1.82) is 0 Å². The number of nitrogens with zero attached hydrogens (tertiary/aromatic N) is 2. The third-order valence-electron chi connectivity index (χ3n) is 3.92. The standard InChI is InChI=1S/C13H15BrN2O2/c14-12-4-1-8(7-15-12)13(18)16-9-2-3-10(16)6-11(17)5-9/h1,4,7,9-11,17H,2-3,5-6H2. The number of aliphatic hydroxyl groups is 1. The van der Waals surface area contributed by atoms with Crippen molar-refractivity contribution in [2.45, 2.75) is 43.9 Å². The van der Waals surface area contributed by atoms with Gasteiger partial charge in [-0.05, 0) is 53.7 Å². The molecule has 1 amide bonds. The first-order valence-electron chi connectivity index (χ1n) is 6.27. The quantitative estimate of drug-likeness (QED) is 0.807. The first kappa shape index (κ1) is 12.1. The molecule has 3 heterocycles. The molecule has 0 aromatic carbocycles. The summed E-state index contributed by atoms with van der Waals surface area (Å²) in [6.07, 6.45) is 4.82. The number of fused-ring (bicyclic) bond motifs is 2. The minimum absolute atomic E-state index is 0.0504. The average molecular weight is 311 g/mol. The molecule has 2 aliphatic rings. The molecule has 1 aromatic rings. The maximum Gasteiger partial charge on any atom is 0.255 e. The van der Waals surface area contributed by atoms with E-state index in [9.17, 15) is 9.90 Å². The number of aromatic nitrogens is 1. The third-order valence-corrected chi connectivity index (χ3v) is 4.39. The fraction of sp³-hybridized carbons (Fsp3) is 0.538. The molecule has 3 rings (SSSR count). The Hall–Kier alpha value is -0.940. The van der Waals surface area contributed by atoms with Gasteiger partial charge in [0, 0.05) is 18.3 Å². The van der Waals surface area contributed by atoms with Crippen LogP contribution in [0.5, 0.6) is 0 Å². The summed E-state index contributed by atoms with van der Waals surface area (Å²) in [6, 6.07) is 3.99. The summed E-state index contributed by atoms with van der Waals surface area (Å²) in [6.45, 7) is 0. The minimum Gasteiger partial charge on any atom is -0.393 e. The van der Waals surface area contributed by atoms with Crippen molar-refractivity contribution in [2.75, 3.05) is 0 Å². The lowest BCUT2D eigenvalue weighted by atomic mass is 9.99. The maximum absolute atomic E-state index is 12.5. The molecule has 2 saturated heterocycles. The van der Waals surface area contributed by atoms with E-state index in [1.165, 1.54) is 0 Å². The highest BCUT2D eigenvalue weighted by molar-refractivity contribution is 9.10. The Morgan fingerprint density at radius 3 is 2.56 bits per heavy atom. The Morgan fingerprint density at radius 1 is 1.33 bits per heavy atom. The molecular weight excluding hydrogens is 296 g/mol. The van der Waals surface area contributed by atoms with Crippen LogP contribution in [0.2, 0.25) is 0 Å². The van der Waals surface area contributed by atoms with Crippen molar-refractivity contribution in [1.82, 2.24) is 9.88 Å². The second kappa shape index (κ2) is 4.63. The van der Waals surface area contributed by atoms with Crippen LogP contribution in [0, 0.1) is 0 Å². The number of carbonyl (C=O) groups excluding carboxylic acids is 1. The monoisotopic (exact) mass is 310 g/mol. The molecule has 96 valence electrons. The number of piperidine rings is 1. The maximum atomic E-state index is 12.5. The Morgan fingerprint density at radius 2 is 2.00 bits per heavy atom. The topological polar surface area (TPSA) is 53.4 Å². The number of carbonyl (C=O) groups is 1. The Bertz CT molecular complexity index is 449. The van der Waals surface area contributed by atoms with Crippen LogP contribution in [0.3, 0.4) is 0 Å². The molecule has 2 atom stereocenters. The van der Waals surface area contributed by atoms with Gasteiger partial charge in [0.25, 0.3) is 5.91 Å². The van der Waals surface area contributed by atoms with E-state index < -0.39 is 0 Å². The third kappa shape index (κ3) is 2.06. The molecule has 2 aliphatic heterocycles. The number of aliphatic hydroxyl groups excluding tert-OH is 1. The van der Waals surface area contributed by atoms with Crippen LogP contribution in [-0.4, -0.2) is 39.1 Å². The van der Waals surface area contributed by atoms with Crippen LogP contribution in [0.25, 0.3) is 0 Å². The molecule has 2 fully saturated rings. The van der Waals surface area contributed by atoms with Gasteiger partial charge in [-0.15, -0.1) is 0 Å². The fourth-order valence-electron chi connectivity index (χ4n) is 3.13. The van der Waals surface area contributed by atoms with Crippen molar-refractivity contribution in [3.05, 3.63) is 28.5 Å². The lowest BCUT2D eigenvalue weighted by Crippen LogP contribution is -2.48. The molecule has 0 saturated carbocycles. The lowest BCUT2D eigenvalue weighted by molar-refractivity contribution is 0.0286. The van der Waals surface area contributed by atoms with E-state index in [1.54, 1.807) is 18.3 Å². The molecule has 0 aliphatic carbocycles. The smallest absolute Gasteiger partial charge is 0.255 e. The van der Waals surface area contributed by atoms with E-state index in [0.29, 0.717) is 18.4 Å². The van der Waals surface area contributed by atoms with E-state index in [2.05, 4.69) is 20.9 Å². The van der Waals surface area contributed by atoms with E-state index in [4.69, 9.17) is 0 Å². The summed E-state index contributed by atoms with van der Waals surface area (Å²) in [5.41, 5.74) is 0.631. The molecule has 5 heteroatoms. The van der Waals surface area contributed by atoms with Crippen LogP contribution in [0.15, 0.2) is 22.9 Å². The van der Waals surface area contributed by atoms with Gasteiger partial charge >= 0.3 is 0 Å².